The maximum absolute atomic E-state index is 12.7. The zero-order chi connectivity index (χ0) is 19.1. The first kappa shape index (κ1) is 20.2. The van der Waals surface area contributed by atoms with E-state index in [0.717, 1.165) is 0 Å². The molecular formula is C17H19Cl2N3O4. The van der Waals surface area contributed by atoms with E-state index in [1.807, 2.05) is 0 Å². The lowest BCUT2D eigenvalue weighted by atomic mass is 10.3. The first-order valence-electron chi connectivity index (χ1n) is 7.91. The molecule has 0 atom stereocenters. The molecule has 0 bridgehead atoms. The molecule has 26 heavy (non-hydrogen) atoms. The zero-order valence-electron chi connectivity index (χ0n) is 14.4. The van der Waals surface area contributed by atoms with E-state index in [-0.39, 0.29) is 25.4 Å². The molecule has 2 rings (SSSR count). The van der Waals surface area contributed by atoms with Crippen LogP contribution < -0.4 is 0 Å². The van der Waals surface area contributed by atoms with E-state index in [2.05, 4.69) is 5.10 Å². The molecule has 0 radical (unpaired) electrons. The van der Waals surface area contributed by atoms with Gasteiger partial charge in [0.1, 0.15) is 6.54 Å². The predicted molar refractivity (Wildman–Crippen MR) is 98.0 cm³/mol. The van der Waals surface area contributed by atoms with Crippen LogP contribution in [-0.2, 0) is 14.3 Å². The predicted octanol–water partition coefficient (Wildman–Crippen LogP) is 2.83. The largest absolute Gasteiger partial charge is 0.465 e. The van der Waals surface area contributed by atoms with Gasteiger partial charge in [-0.3, -0.25) is 9.59 Å². The molecule has 0 saturated carbocycles. The third-order valence-electron chi connectivity index (χ3n) is 3.45. The SMILES string of the molecule is CCOC(=O)CN(CCOC)C(=O)c1ccn(-c2ccc(Cl)c(Cl)c2)n1. The highest BCUT2D eigenvalue weighted by Crippen LogP contribution is 2.24. The summed E-state index contributed by atoms with van der Waals surface area (Å²) >= 11 is 11.9. The number of nitrogens with zero attached hydrogens (tertiary/aromatic N) is 3. The van der Waals surface area contributed by atoms with Gasteiger partial charge in [-0.2, -0.15) is 5.10 Å². The molecule has 0 aliphatic rings. The summed E-state index contributed by atoms with van der Waals surface area (Å²) in [5.74, 6) is -0.880. The van der Waals surface area contributed by atoms with E-state index < -0.39 is 11.9 Å². The molecule has 1 amide bonds. The number of aromatic nitrogens is 2. The Labute approximate surface area is 161 Å². The summed E-state index contributed by atoms with van der Waals surface area (Å²) < 4.78 is 11.4. The quantitative estimate of drug-likeness (QED) is 0.638. The minimum atomic E-state index is -0.485. The molecule has 0 aliphatic carbocycles. The van der Waals surface area contributed by atoms with Gasteiger partial charge < -0.3 is 14.4 Å². The lowest BCUT2D eigenvalue weighted by Gasteiger charge is -2.20. The monoisotopic (exact) mass is 399 g/mol. The van der Waals surface area contributed by atoms with Crippen molar-refractivity contribution in [1.82, 2.24) is 14.7 Å². The molecule has 1 aromatic carbocycles. The van der Waals surface area contributed by atoms with E-state index in [1.165, 1.54) is 16.7 Å². The second-order valence-electron chi connectivity index (χ2n) is 5.27. The highest BCUT2D eigenvalue weighted by atomic mass is 35.5. The highest BCUT2D eigenvalue weighted by Gasteiger charge is 2.21. The Morgan fingerprint density at radius 1 is 1.23 bits per heavy atom. The van der Waals surface area contributed by atoms with Gasteiger partial charge in [-0.25, -0.2) is 4.68 Å². The van der Waals surface area contributed by atoms with Gasteiger partial charge >= 0.3 is 5.97 Å². The number of hydrogen-bond donors (Lipinski definition) is 0. The fourth-order valence-corrected chi connectivity index (χ4v) is 2.48. The van der Waals surface area contributed by atoms with E-state index >= 15 is 0 Å². The Bertz CT molecular complexity index is 779. The number of esters is 1. The number of rotatable bonds is 8. The van der Waals surface area contributed by atoms with Crippen molar-refractivity contribution in [2.75, 3.05) is 33.4 Å². The summed E-state index contributed by atoms with van der Waals surface area (Å²) in [4.78, 5) is 25.8. The molecule has 0 unspecified atom stereocenters. The second kappa shape index (κ2) is 9.56. The Kier molecular flexibility index (Phi) is 7.44. The molecule has 140 valence electrons. The van der Waals surface area contributed by atoms with Gasteiger partial charge in [0.2, 0.25) is 0 Å². The first-order chi connectivity index (χ1) is 12.5. The molecule has 2 aromatic rings. The number of benzene rings is 1. The van der Waals surface area contributed by atoms with Crippen molar-refractivity contribution >= 4 is 35.1 Å². The van der Waals surface area contributed by atoms with Crippen LogP contribution in [0.1, 0.15) is 17.4 Å². The number of halogens is 2. The smallest absolute Gasteiger partial charge is 0.325 e. The average Bonchev–Trinajstić information content (AvgIpc) is 3.10. The van der Waals surface area contributed by atoms with Crippen LogP contribution >= 0.6 is 23.2 Å². The molecule has 1 aromatic heterocycles. The van der Waals surface area contributed by atoms with E-state index in [0.29, 0.717) is 22.3 Å². The van der Waals surface area contributed by atoms with Crippen molar-refractivity contribution in [3.05, 3.63) is 46.2 Å². The van der Waals surface area contributed by atoms with Gasteiger partial charge in [0.05, 0.1) is 28.9 Å². The lowest BCUT2D eigenvalue weighted by molar-refractivity contribution is -0.143. The normalized spacial score (nSPS) is 10.6. The Hall–Kier alpha value is -2.09. The third-order valence-corrected chi connectivity index (χ3v) is 4.19. The van der Waals surface area contributed by atoms with Gasteiger partial charge in [-0.05, 0) is 31.2 Å². The summed E-state index contributed by atoms with van der Waals surface area (Å²) in [7, 11) is 1.52. The number of carbonyl (C=O) groups excluding carboxylic acids is 2. The molecule has 0 saturated heterocycles. The molecule has 1 heterocycles. The fourth-order valence-electron chi connectivity index (χ4n) is 2.19. The Morgan fingerprint density at radius 3 is 2.65 bits per heavy atom. The maximum atomic E-state index is 12.7. The van der Waals surface area contributed by atoms with Crippen LogP contribution in [0.2, 0.25) is 10.0 Å². The fraction of sp³-hybridized carbons (Fsp3) is 0.353. The average molecular weight is 400 g/mol. The number of carbonyl (C=O) groups is 2. The molecule has 9 heteroatoms. The van der Waals surface area contributed by atoms with Crippen LogP contribution in [0, 0.1) is 0 Å². The highest BCUT2D eigenvalue weighted by molar-refractivity contribution is 6.42. The van der Waals surface area contributed by atoms with E-state index in [1.54, 1.807) is 37.4 Å². The first-order valence-corrected chi connectivity index (χ1v) is 8.66. The summed E-state index contributed by atoms with van der Waals surface area (Å²) in [5, 5.41) is 5.08. The molecule has 0 fully saturated rings. The molecule has 0 aliphatic heterocycles. The summed E-state index contributed by atoms with van der Waals surface area (Å²) in [6, 6.07) is 6.59. The topological polar surface area (TPSA) is 73.7 Å². The second-order valence-corrected chi connectivity index (χ2v) is 6.08. The number of amides is 1. The van der Waals surface area contributed by atoms with Crippen LogP contribution in [0.15, 0.2) is 30.5 Å². The van der Waals surface area contributed by atoms with Crippen molar-refractivity contribution in [2.24, 2.45) is 0 Å². The van der Waals surface area contributed by atoms with Crippen LogP contribution in [-0.4, -0.2) is 60.0 Å². The zero-order valence-corrected chi connectivity index (χ0v) is 16.0. The van der Waals surface area contributed by atoms with Crippen LogP contribution in [0.4, 0.5) is 0 Å². The Morgan fingerprint density at radius 2 is 2.00 bits per heavy atom. The van der Waals surface area contributed by atoms with Gasteiger partial charge in [0, 0.05) is 19.9 Å². The van der Waals surface area contributed by atoms with Crippen molar-refractivity contribution in [3.63, 3.8) is 0 Å². The lowest BCUT2D eigenvalue weighted by Crippen LogP contribution is -2.39. The Balaban J connectivity index is 2.18. The van der Waals surface area contributed by atoms with Crippen molar-refractivity contribution in [3.8, 4) is 5.69 Å². The molecule has 7 nitrogen and oxygen atoms in total. The number of hydrogen-bond acceptors (Lipinski definition) is 5. The third kappa shape index (κ3) is 5.20. The molecule has 0 spiro atoms. The van der Waals surface area contributed by atoms with E-state index in [4.69, 9.17) is 32.7 Å². The van der Waals surface area contributed by atoms with E-state index in [9.17, 15) is 9.59 Å². The van der Waals surface area contributed by atoms with Gasteiger partial charge in [0.15, 0.2) is 5.69 Å². The molecular weight excluding hydrogens is 381 g/mol. The summed E-state index contributed by atoms with van der Waals surface area (Å²) in [5.41, 5.74) is 0.851. The maximum Gasteiger partial charge on any atom is 0.325 e. The minimum absolute atomic E-state index is 0.171. The van der Waals surface area contributed by atoms with Crippen LogP contribution in [0.5, 0.6) is 0 Å². The van der Waals surface area contributed by atoms with Crippen molar-refractivity contribution in [1.29, 1.82) is 0 Å². The molecule has 0 N–H and O–H groups in total. The summed E-state index contributed by atoms with van der Waals surface area (Å²) in [6.07, 6.45) is 1.63. The van der Waals surface area contributed by atoms with Gasteiger partial charge in [-0.15, -0.1) is 0 Å². The summed E-state index contributed by atoms with van der Waals surface area (Å²) in [6.45, 7) is 2.32. The van der Waals surface area contributed by atoms with Gasteiger partial charge in [0.25, 0.3) is 5.91 Å². The number of ether oxygens (including phenoxy) is 2. The van der Waals surface area contributed by atoms with Gasteiger partial charge in [-0.1, -0.05) is 23.2 Å². The van der Waals surface area contributed by atoms with Crippen LogP contribution in [0.3, 0.4) is 0 Å². The number of methoxy groups -OCH3 is 1. The standard InChI is InChI=1S/C17H19Cl2N3O4/c1-3-26-16(23)11-21(8-9-25-2)17(24)15-6-7-22(20-15)12-4-5-13(18)14(19)10-12/h4-7,10H,3,8-9,11H2,1-2H3. The van der Waals surface area contributed by atoms with Crippen molar-refractivity contribution < 1.29 is 19.1 Å². The minimum Gasteiger partial charge on any atom is -0.465 e. The van der Waals surface area contributed by atoms with Crippen molar-refractivity contribution in [2.45, 2.75) is 6.92 Å². The van der Waals surface area contributed by atoms with Crippen LogP contribution in [0.25, 0.3) is 5.69 Å².